The highest BCUT2D eigenvalue weighted by atomic mass is 16.7. The Balaban J connectivity index is 1.56. The predicted octanol–water partition coefficient (Wildman–Crippen LogP) is 2.32. The zero-order chi connectivity index (χ0) is 13.1. The highest BCUT2D eigenvalue weighted by molar-refractivity contribution is 5.48. The maximum absolute atomic E-state index is 5.52. The van der Waals surface area contributed by atoms with Crippen molar-refractivity contribution in [3.05, 3.63) is 23.8 Å². The van der Waals surface area contributed by atoms with Crippen LogP contribution in [0.15, 0.2) is 18.2 Å². The summed E-state index contributed by atoms with van der Waals surface area (Å²) in [5.41, 5.74) is 1.53. The van der Waals surface area contributed by atoms with Gasteiger partial charge < -0.3 is 19.5 Å². The maximum Gasteiger partial charge on any atom is 0.231 e. The SMILES string of the molecule is CC1(CNCc2cccc3c2OCO3)CCOCC1. The molecule has 2 aliphatic rings. The van der Waals surface area contributed by atoms with Crippen molar-refractivity contribution in [3.63, 3.8) is 0 Å². The van der Waals surface area contributed by atoms with Gasteiger partial charge in [-0.1, -0.05) is 19.1 Å². The van der Waals surface area contributed by atoms with Crippen molar-refractivity contribution >= 4 is 0 Å². The number of rotatable bonds is 4. The molecule has 1 aromatic carbocycles. The molecule has 0 bridgehead atoms. The Morgan fingerprint density at radius 1 is 1.21 bits per heavy atom. The van der Waals surface area contributed by atoms with Crippen LogP contribution >= 0.6 is 0 Å². The van der Waals surface area contributed by atoms with Gasteiger partial charge in [0.05, 0.1) is 0 Å². The van der Waals surface area contributed by atoms with Gasteiger partial charge in [0.2, 0.25) is 6.79 Å². The molecule has 0 atom stereocenters. The van der Waals surface area contributed by atoms with E-state index >= 15 is 0 Å². The van der Waals surface area contributed by atoms with Crippen molar-refractivity contribution in [2.75, 3.05) is 26.6 Å². The molecule has 4 nitrogen and oxygen atoms in total. The summed E-state index contributed by atoms with van der Waals surface area (Å²) in [6.45, 7) is 6.27. The van der Waals surface area contributed by atoms with Gasteiger partial charge in [0, 0.05) is 31.9 Å². The normalized spacial score (nSPS) is 20.5. The highest BCUT2D eigenvalue weighted by Gasteiger charge is 2.27. The molecule has 0 saturated carbocycles. The van der Waals surface area contributed by atoms with Crippen LogP contribution in [0.3, 0.4) is 0 Å². The first-order valence-electron chi connectivity index (χ1n) is 6.93. The minimum absolute atomic E-state index is 0.335. The maximum atomic E-state index is 5.52. The second kappa shape index (κ2) is 5.39. The van der Waals surface area contributed by atoms with Gasteiger partial charge in [-0.15, -0.1) is 0 Å². The average molecular weight is 263 g/mol. The third kappa shape index (κ3) is 2.85. The van der Waals surface area contributed by atoms with Gasteiger partial charge in [0.25, 0.3) is 0 Å². The molecule has 1 aromatic rings. The van der Waals surface area contributed by atoms with Gasteiger partial charge in [0.1, 0.15) is 0 Å². The van der Waals surface area contributed by atoms with Crippen LogP contribution in [0, 0.1) is 5.41 Å². The molecule has 0 aliphatic carbocycles. The number of hydrogen-bond donors (Lipinski definition) is 1. The molecule has 1 fully saturated rings. The summed E-state index contributed by atoms with van der Waals surface area (Å²) in [6.07, 6.45) is 2.26. The van der Waals surface area contributed by atoms with Crippen LogP contribution in [0.1, 0.15) is 25.3 Å². The Morgan fingerprint density at radius 3 is 2.89 bits per heavy atom. The predicted molar refractivity (Wildman–Crippen MR) is 72.4 cm³/mol. The fourth-order valence-electron chi connectivity index (χ4n) is 2.67. The van der Waals surface area contributed by atoms with E-state index in [2.05, 4.69) is 18.3 Å². The van der Waals surface area contributed by atoms with E-state index in [1.165, 1.54) is 5.56 Å². The van der Waals surface area contributed by atoms with E-state index in [0.717, 1.165) is 50.6 Å². The van der Waals surface area contributed by atoms with E-state index in [1.54, 1.807) is 0 Å². The molecule has 2 heterocycles. The molecule has 0 spiro atoms. The van der Waals surface area contributed by atoms with Gasteiger partial charge >= 0.3 is 0 Å². The molecule has 3 rings (SSSR count). The zero-order valence-corrected chi connectivity index (χ0v) is 11.4. The lowest BCUT2D eigenvalue weighted by Gasteiger charge is -2.33. The van der Waals surface area contributed by atoms with Crippen LogP contribution in [0.2, 0.25) is 0 Å². The quantitative estimate of drug-likeness (QED) is 0.905. The third-order valence-corrected chi connectivity index (χ3v) is 4.05. The standard InChI is InChI=1S/C15H21NO3/c1-15(5-7-17-8-6-15)10-16-9-12-3-2-4-13-14(12)19-11-18-13/h2-4,16H,5-11H2,1H3. The van der Waals surface area contributed by atoms with Gasteiger partial charge in [-0.3, -0.25) is 0 Å². The molecular weight excluding hydrogens is 242 g/mol. The van der Waals surface area contributed by atoms with Gasteiger partial charge in [-0.2, -0.15) is 0 Å². The lowest BCUT2D eigenvalue weighted by molar-refractivity contribution is 0.0240. The summed E-state index contributed by atoms with van der Waals surface area (Å²) in [7, 11) is 0. The number of para-hydroxylation sites is 1. The Morgan fingerprint density at radius 2 is 2.05 bits per heavy atom. The first-order chi connectivity index (χ1) is 9.27. The summed E-state index contributed by atoms with van der Waals surface area (Å²) < 4.78 is 16.3. The molecule has 2 aliphatic heterocycles. The fraction of sp³-hybridized carbons (Fsp3) is 0.600. The van der Waals surface area contributed by atoms with Crippen molar-refractivity contribution < 1.29 is 14.2 Å². The van der Waals surface area contributed by atoms with Crippen LogP contribution in [-0.2, 0) is 11.3 Å². The Bertz CT molecular complexity index is 441. The minimum atomic E-state index is 0.335. The number of ether oxygens (including phenoxy) is 3. The van der Waals surface area contributed by atoms with Crippen molar-refractivity contribution in [2.24, 2.45) is 5.41 Å². The molecule has 19 heavy (non-hydrogen) atoms. The fourth-order valence-corrected chi connectivity index (χ4v) is 2.67. The summed E-state index contributed by atoms with van der Waals surface area (Å²) in [5, 5.41) is 3.55. The van der Waals surface area contributed by atoms with Crippen LogP contribution in [0.4, 0.5) is 0 Å². The van der Waals surface area contributed by atoms with E-state index in [1.807, 2.05) is 12.1 Å². The van der Waals surface area contributed by atoms with Gasteiger partial charge in [-0.05, 0) is 24.3 Å². The Hall–Kier alpha value is -1.26. The number of nitrogens with one attached hydrogen (secondary N) is 1. The first-order valence-corrected chi connectivity index (χ1v) is 6.93. The molecule has 0 amide bonds. The number of hydrogen-bond acceptors (Lipinski definition) is 4. The average Bonchev–Trinajstić information content (AvgIpc) is 2.88. The van der Waals surface area contributed by atoms with Crippen LogP contribution in [0.25, 0.3) is 0 Å². The minimum Gasteiger partial charge on any atom is -0.454 e. The monoisotopic (exact) mass is 263 g/mol. The molecule has 0 radical (unpaired) electrons. The zero-order valence-electron chi connectivity index (χ0n) is 11.4. The van der Waals surface area contributed by atoms with Crippen LogP contribution < -0.4 is 14.8 Å². The van der Waals surface area contributed by atoms with Crippen molar-refractivity contribution in [1.29, 1.82) is 0 Å². The lowest BCUT2D eigenvalue weighted by Crippen LogP contribution is -2.36. The van der Waals surface area contributed by atoms with E-state index in [-0.39, 0.29) is 0 Å². The van der Waals surface area contributed by atoms with E-state index in [0.29, 0.717) is 12.2 Å². The molecule has 1 saturated heterocycles. The second-order valence-electron chi connectivity index (χ2n) is 5.68. The highest BCUT2D eigenvalue weighted by Crippen LogP contribution is 2.35. The van der Waals surface area contributed by atoms with E-state index in [4.69, 9.17) is 14.2 Å². The van der Waals surface area contributed by atoms with Crippen LogP contribution in [0.5, 0.6) is 11.5 Å². The molecule has 0 unspecified atom stereocenters. The summed E-state index contributed by atoms with van der Waals surface area (Å²) >= 11 is 0. The summed E-state index contributed by atoms with van der Waals surface area (Å²) in [6, 6.07) is 6.05. The summed E-state index contributed by atoms with van der Waals surface area (Å²) in [4.78, 5) is 0. The smallest absolute Gasteiger partial charge is 0.231 e. The van der Waals surface area contributed by atoms with Crippen LogP contribution in [-0.4, -0.2) is 26.6 Å². The summed E-state index contributed by atoms with van der Waals surface area (Å²) in [5.74, 6) is 1.75. The number of benzene rings is 1. The molecule has 1 N–H and O–H groups in total. The second-order valence-corrected chi connectivity index (χ2v) is 5.68. The number of fused-ring (bicyclic) bond motifs is 1. The van der Waals surface area contributed by atoms with Crippen molar-refractivity contribution in [3.8, 4) is 11.5 Å². The van der Waals surface area contributed by atoms with Crippen molar-refractivity contribution in [1.82, 2.24) is 5.32 Å². The van der Waals surface area contributed by atoms with Gasteiger partial charge in [-0.25, -0.2) is 0 Å². The van der Waals surface area contributed by atoms with E-state index in [9.17, 15) is 0 Å². The van der Waals surface area contributed by atoms with E-state index < -0.39 is 0 Å². The lowest BCUT2D eigenvalue weighted by atomic mass is 9.82. The Kier molecular flexibility index (Phi) is 3.62. The molecule has 4 heteroatoms. The molecular formula is C15H21NO3. The topological polar surface area (TPSA) is 39.7 Å². The molecule has 0 aromatic heterocycles. The third-order valence-electron chi connectivity index (χ3n) is 4.05. The van der Waals surface area contributed by atoms with Gasteiger partial charge in [0.15, 0.2) is 11.5 Å². The Labute approximate surface area is 114 Å². The molecule has 104 valence electrons. The van der Waals surface area contributed by atoms with Crippen molar-refractivity contribution in [2.45, 2.75) is 26.3 Å². The largest absolute Gasteiger partial charge is 0.454 e. The first kappa shape index (κ1) is 12.8.